The topological polar surface area (TPSA) is 89.7 Å². The zero-order valence-corrected chi connectivity index (χ0v) is 15.6. The summed E-state index contributed by atoms with van der Waals surface area (Å²) in [6.07, 6.45) is 2.42. The molecule has 1 aromatic carbocycles. The van der Waals surface area contributed by atoms with Crippen LogP contribution in [0.25, 0.3) is 0 Å². The third-order valence-corrected chi connectivity index (χ3v) is 5.28. The predicted octanol–water partition coefficient (Wildman–Crippen LogP) is 1.48. The van der Waals surface area contributed by atoms with Crippen molar-refractivity contribution in [2.75, 3.05) is 26.0 Å². The van der Waals surface area contributed by atoms with Crippen molar-refractivity contribution in [1.82, 2.24) is 4.90 Å². The van der Waals surface area contributed by atoms with Crippen LogP contribution in [0.2, 0.25) is 0 Å². The van der Waals surface area contributed by atoms with Gasteiger partial charge in [0.15, 0.2) is 9.84 Å². The minimum atomic E-state index is -3.21. The van der Waals surface area contributed by atoms with E-state index < -0.39 is 9.84 Å². The lowest BCUT2D eigenvalue weighted by molar-refractivity contribution is -0.132. The van der Waals surface area contributed by atoms with Gasteiger partial charge in [-0.2, -0.15) is 0 Å². The van der Waals surface area contributed by atoms with Gasteiger partial charge < -0.3 is 15.4 Å². The quantitative estimate of drug-likeness (QED) is 0.812. The summed E-state index contributed by atoms with van der Waals surface area (Å²) >= 11 is 0. The van der Waals surface area contributed by atoms with E-state index in [2.05, 4.69) is 0 Å². The van der Waals surface area contributed by atoms with Crippen molar-refractivity contribution in [2.45, 2.75) is 30.7 Å². The van der Waals surface area contributed by atoms with Crippen molar-refractivity contribution in [3.63, 3.8) is 0 Å². The summed E-state index contributed by atoms with van der Waals surface area (Å²) in [4.78, 5) is 14.3. The van der Waals surface area contributed by atoms with Crippen molar-refractivity contribution in [2.24, 2.45) is 11.7 Å². The Morgan fingerprint density at radius 3 is 2.46 bits per heavy atom. The van der Waals surface area contributed by atoms with E-state index in [0.717, 1.165) is 19.2 Å². The number of carbonyl (C=O) groups is 1. The maximum atomic E-state index is 12.2. The van der Waals surface area contributed by atoms with Crippen LogP contribution in [0, 0.1) is 5.92 Å². The van der Waals surface area contributed by atoms with Gasteiger partial charge in [-0.1, -0.05) is 0 Å². The van der Waals surface area contributed by atoms with E-state index in [4.69, 9.17) is 10.5 Å². The standard InChI is InChI=1S/C16H24N2O4S.ClH/c1-12-9-13(10-17)11-18(12)16(19)7-8-22-14-3-5-15(6-4-14)23(2,20)21;/h3-6,12-13H,7-11,17H2,1-2H3;1H. The van der Waals surface area contributed by atoms with E-state index in [0.29, 0.717) is 24.6 Å². The fraction of sp³-hybridized carbons (Fsp3) is 0.562. The number of hydrogen-bond acceptors (Lipinski definition) is 5. The molecule has 1 amide bonds. The molecule has 2 N–H and O–H groups in total. The van der Waals surface area contributed by atoms with Gasteiger partial charge >= 0.3 is 0 Å². The van der Waals surface area contributed by atoms with Gasteiger partial charge in [-0.05, 0) is 50.1 Å². The molecule has 136 valence electrons. The van der Waals surface area contributed by atoms with Crippen LogP contribution in [-0.4, -0.2) is 51.2 Å². The average molecular weight is 377 g/mol. The van der Waals surface area contributed by atoms with Crippen LogP contribution < -0.4 is 10.5 Å². The summed E-state index contributed by atoms with van der Waals surface area (Å²) < 4.78 is 28.3. The monoisotopic (exact) mass is 376 g/mol. The Balaban J connectivity index is 0.00000288. The maximum absolute atomic E-state index is 12.2. The molecule has 1 aliphatic heterocycles. The average Bonchev–Trinajstić information content (AvgIpc) is 2.88. The number of sulfone groups is 1. The summed E-state index contributed by atoms with van der Waals surface area (Å²) in [6, 6.07) is 6.43. The third kappa shape index (κ3) is 5.36. The number of nitrogens with two attached hydrogens (primary N) is 1. The number of amides is 1. The predicted molar refractivity (Wildman–Crippen MR) is 95.2 cm³/mol. The normalized spacial score (nSPS) is 20.5. The summed E-state index contributed by atoms with van der Waals surface area (Å²) in [7, 11) is -3.21. The molecule has 2 unspecified atom stereocenters. The first-order valence-corrected chi connectivity index (χ1v) is 9.63. The van der Waals surface area contributed by atoms with Crippen molar-refractivity contribution in [3.05, 3.63) is 24.3 Å². The minimum Gasteiger partial charge on any atom is -0.493 e. The van der Waals surface area contributed by atoms with Gasteiger partial charge in [0.1, 0.15) is 5.75 Å². The Hall–Kier alpha value is -1.31. The van der Waals surface area contributed by atoms with E-state index in [1.165, 1.54) is 12.1 Å². The summed E-state index contributed by atoms with van der Waals surface area (Å²) in [5, 5.41) is 0. The number of carbonyl (C=O) groups excluding carboxylic acids is 1. The molecule has 1 aliphatic rings. The van der Waals surface area contributed by atoms with Gasteiger partial charge in [0.2, 0.25) is 5.91 Å². The first-order valence-electron chi connectivity index (χ1n) is 7.73. The number of likely N-dealkylation sites (tertiary alicyclic amines) is 1. The summed E-state index contributed by atoms with van der Waals surface area (Å²) in [5.41, 5.74) is 5.67. The molecule has 0 bridgehead atoms. The van der Waals surface area contributed by atoms with Crippen LogP contribution in [0.4, 0.5) is 0 Å². The molecule has 1 fully saturated rings. The van der Waals surface area contributed by atoms with Gasteiger partial charge in [-0.3, -0.25) is 4.79 Å². The fourth-order valence-corrected chi connectivity index (χ4v) is 3.47. The smallest absolute Gasteiger partial charge is 0.226 e. The molecule has 0 saturated carbocycles. The molecule has 0 aromatic heterocycles. The zero-order valence-electron chi connectivity index (χ0n) is 14.0. The lowest BCUT2D eigenvalue weighted by Gasteiger charge is -2.21. The van der Waals surface area contributed by atoms with Crippen LogP contribution in [0.3, 0.4) is 0 Å². The van der Waals surface area contributed by atoms with Gasteiger partial charge in [-0.25, -0.2) is 8.42 Å². The van der Waals surface area contributed by atoms with Crippen LogP contribution in [0.15, 0.2) is 29.2 Å². The molecule has 0 spiro atoms. The van der Waals surface area contributed by atoms with Crippen LogP contribution in [0.5, 0.6) is 5.75 Å². The summed E-state index contributed by atoms with van der Waals surface area (Å²) in [6.45, 7) is 3.64. The van der Waals surface area contributed by atoms with E-state index in [1.54, 1.807) is 12.1 Å². The lowest BCUT2D eigenvalue weighted by atomic mass is 10.1. The zero-order chi connectivity index (χ0) is 17.0. The van der Waals surface area contributed by atoms with Crippen LogP contribution in [-0.2, 0) is 14.6 Å². The van der Waals surface area contributed by atoms with Gasteiger partial charge in [0, 0.05) is 18.8 Å². The summed E-state index contributed by atoms with van der Waals surface area (Å²) in [5.74, 6) is 1.01. The molecule has 2 atom stereocenters. The number of halogens is 1. The Morgan fingerprint density at radius 2 is 1.96 bits per heavy atom. The second-order valence-corrected chi connectivity index (χ2v) is 8.09. The molecule has 24 heavy (non-hydrogen) atoms. The molecular formula is C16H25ClN2O4S. The third-order valence-electron chi connectivity index (χ3n) is 4.15. The SMILES string of the molecule is CC1CC(CN)CN1C(=O)CCOc1ccc(S(C)(=O)=O)cc1.Cl. The highest BCUT2D eigenvalue weighted by Gasteiger charge is 2.31. The Kier molecular flexibility index (Phi) is 7.51. The molecule has 0 radical (unpaired) electrons. The molecule has 6 nitrogen and oxygen atoms in total. The molecule has 0 aliphatic carbocycles. The number of hydrogen-bond donors (Lipinski definition) is 1. The lowest BCUT2D eigenvalue weighted by Crippen LogP contribution is -2.35. The number of ether oxygens (including phenoxy) is 1. The Bertz CT molecular complexity index is 649. The van der Waals surface area contributed by atoms with Crippen molar-refractivity contribution in [1.29, 1.82) is 0 Å². The van der Waals surface area contributed by atoms with E-state index in [-0.39, 0.29) is 35.9 Å². The second kappa shape index (κ2) is 8.69. The Morgan fingerprint density at radius 1 is 1.33 bits per heavy atom. The van der Waals surface area contributed by atoms with Gasteiger partial charge in [-0.15, -0.1) is 12.4 Å². The van der Waals surface area contributed by atoms with Gasteiger partial charge in [0.25, 0.3) is 0 Å². The first kappa shape index (κ1) is 20.7. The van der Waals surface area contributed by atoms with Crippen molar-refractivity contribution < 1.29 is 17.9 Å². The van der Waals surface area contributed by atoms with Crippen molar-refractivity contribution in [3.8, 4) is 5.75 Å². The highest BCUT2D eigenvalue weighted by Crippen LogP contribution is 2.23. The largest absolute Gasteiger partial charge is 0.493 e. The Labute approximate surface area is 149 Å². The van der Waals surface area contributed by atoms with E-state index in [1.807, 2.05) is 11.8 Å². The highest BCUT2D eigenvalue weighted by molar-refractivity contribution is 7.90. The minimum absolute atomic E-state index is 0. The number of benzene rings is 1. The molecule has 2 rings (SSSR count). The molecule has 1 aromatic rings. The van der Waals surface area contributed by atoms with Crippen molar-refractivity contribution >= 4 is 28.2 Å². The molecular weight excluding hydrogens is 352 g/mol. The fourth-order valence-electron chi connectivity index (χ4n) is 2.84. The van der Waals surface area contributed by atoms with Gasteiger partial charge in [0.05, 0.1) is 17.9 Å². The first-order chi connectivity index (χ1) is 10.8. The van der Waals surface area contributed by atoms with E-state index in [9.17, 15) is 13.2 Å². The molecule has 8 heteroatoms. The number of nitrogens with zero attached hydrogens (tertiary/aromatic N) is 1. The molecule has 1 heterocycles. The molecule has 1 saturated heterocycles. The van der Waals surface area contributed by atoms with Crippen LogP contribution in [0.1, 0.15) is 19.8 Å². The second-order valence-electron chi connectivity index (χ2n) is 6.07. The maximum Gasteiger partial charge on any atom is 0.226 e. The van der Waals surface area contributed by atoms with Crippen LogP contribution >= 0.6 is 12.4 Å². The highest BCUT2D eigenvalue weighted by atomic mass is 35.5. The van der Waals surface area contributed by atoms with E-state index >= 15 is 0 Å². The number of rotatable bonds is 6.